The molecule has 1 aromatic rings. The first-order valence-electron chi connectivity index (χ1n) is 6.91. The lowest BCUT2D eigenvalue weighted by molar-refractivity contribution is -0.137. The minimum atomic E-state index is -0.759. The predicted octanol–water partition coefficient (Wildman–Crippen LogP) is 3.69. The lowest BCUT2D eigenvalue weighted by Gasteiger charge is -2.06. The molecule has 0 heterocycles. The number of carboxylic acids is 1. The van der Waals surface area contributed by atoms with Crippen LogP contribution in [0.5, 0.6) is 0 Å². The Morgan fingerprint density at radius 2 is 1.76 bits per heavy atom. The van der Waals surface area contributed by atoms with Crippen molar-refractivity contribution in [2.45, 2.75) is 38.5 Å². The van der Waals surface area contributed by atoms with Crippen molar-refractivity contribution in [3.05, 3.63) is 33.8 Å². The second-order valence-electron chi connectivity index (χ2n) is 4.83. The van der Waals surface area contributed by atoms with Crippen molar-refractivity contribution in [1.29, 1.82) is 0 Å². The van der Waals surface area contributed by atoms with Gasteiger partial charge in [-0.3, -0.25) is 9.59 Å². The number of benzene rings is 1. The molecule has 0 bridgehead atoms. The van der Waals surface area contributed by atoms with Crippen LogP contribution in [0.3, 0.4) is 0 Å². The molecule has 4 nitrogen and oxygen atoms in total. The SMILES string of the molecule is O=C(O)CCCCCCNC(=O)Cc1ccc(Cl)c(Cl)c1. The Balaban J connectivity index is 2.14. The minimum Gasteiger partial charge on any atom is -0.481 e. The fourth-order valence-electron chi connectivity index (χ4n) is 1.88. The number of hydrogen-bond donors (Lipinski definition) is 2. The third kappa shape index (κ3) is 7.93. The van der Waals surface area contributed by atoms with Gasteiger partial charge >= 0.3 is 5.97 Å². The zero-order chi connectivity index (χ0) is 15.7. The molecule has 0 spiro atoms. The molecule has 0 aromatic heterocycles. The number of aliphatic carboxylic acids is 1. The van der Waals surface area contributed by atoms with Crippen molar-refractivity contribution >= 4 is 35.1 Å². The highest BCUT2D eigenvalue weighted by Crippen LogP contribution is 2.22. The molecule has 2 N–H and O–H groups in total. The van der Waals surface area contributed by atoms with Gasteiger partial charge in [0.05, 0.1) is 16.5 Å². The normalized spacial score (nSPS) is 10.4. The predicted molar refractivity (Wildman–Crippen MR) is 83.9 cm³/mol. The van der Waals surface area contributed by atoms with Crippen molar-refractivity contribution in [2.75, 3.05) is 6.54 Å². The van der Waals surface area contributed by atoms with Crippen molar-refractivity contribution in [3.8, 4) is 0 Å². The summed E-state index contributed by atoms with van der Waals surface area (Å²) in [5.41, 5.74) is 0.823. The number of amides is 1. The highest BCUT2D eigenvalue weighted by atomic mass is 35.5. The van der Waals surface area contributed by atoms with Gasteiger partial charge in [-0.2, -0.15) is 0 Å². The summed E-state index contributed by atoms with van der Waals surface area (Å²) < 4.78 is 0. The number of unbranched alkanes of at least 4 members (excludes halogenated alkanes) is 3. The molecule has 0 atom stereocenters. The molecule has 0 saturated heterocycles. The Bertz CT molecular complexity index is 492. The Hall–Kier alpha value is -1.26. The summed E-state index contributed by atoms with van der Waals surface area (Å²) in [5, 5.41) is 12.2. The van der Waals surface area contributed by atoms with E-state index < -0.39 is 5.97 Å². The topological polar surface area (TPSA) is 66.4 Å². The molecule has 0 saturated carbocycles. The van der Waals surface area contributed by atoms with E-state index in [1.807, 2.05) is 0 Å². The largest absolute Gasteiger partial charge is 0.481 e. The first-order chi connectivity index (χ1) is 9.99. The maximum absolute atomic E-state index is 11.7. The van der Waals surface area contributed by atoms with E-state index in [1.165, 1.54) is 0 Å². The Morgan fingerprint density at radius 1 is 1.05 bits per heavy atom. The fourth-order valence-corrected chi connectivity index (χ4v) is 2.20. The van der Waals surface area contributed by atoms with Gasteiger partial charge < -0.3 is 10.4 Å². The quantitative estimate of drug-likeness (QED) is 0.678. The van der Waals surface area contributed by atoms with Crippen molar-refractivity contribution in [1.82, 2.24) is 5.32 Å². The van der Waals surface area contributed by atoms with Gasteiger partial charge in [0.25, 0.3) is 0 Å². The van der Waals surface area contributed by atoms with Crippen LogP contribution in [-0.4, -0.2) is 23.5 Å². The fraction of sp³-hybridized carbons (Fsp3) is 0.467. The molecular weight excluding hydrogens is 313 g/mol. The summed E-state index contributed by atoms with van der Waals surface area (Å²) in [7, 11) is 0. The summed E-state index contributed by atoms with van der Waals surface area (Å²) >= 11 is 11.7. The number of carbonyl (C=O) groups excluding carboxylic acids is 1. The second kappa shape index (κ2) is 9.64. The van der Waals surface area contributed by atoms with Gasteiger partial charge in [-0.1, -0.05) is 42.1 Å². The monoisotopic (exact) mass is 331 g/mol. The Kier molecular flexibility index (Phi) is 8.16. The van der Waals surface area contributed by atoms with Crippen LogP contribution in [0.2, 0.25) is 10.0 Å². The molecule has 0 radical (unpaired) electrons. The van der Waals surface area contributed by atoms with Crippen molar-refractivity contribution in [2.24, 2.45) is 0 Å². The summed E-state index contributed by atoms with van der Waals surface area (Å²) in [6.45, 7) is 0.604. The third-order valence-electron chi connectivity index (χ3n) is 2.99. The second-order valence-corrected chi connectivity index (χ2v) is 5.65. The van der Waals surface area contributed by atoms with Crippen LogP contribution in [0.15, 0.2) is 18.2 Å². The molecule has 116 valence electrons. The molecule has 0 aliphatic heterocycles. The van der Waals surface area contributed by atoms with Gasteiger partial charge in [0.2, 0.25) is 5.91 Å². The molecule has 0 unspecified atom stereocenters. The molecule has 1 amide bonds. The van der Waals surface area contributed by atoms with E-state index in [2.05, 4.69) is 5.32 Å². The van der Waals surface area contributed by atoms with Gasteiger partial charge in [0, 0.05) is 13.0 Å². The molecule has 21 heavy (non-hydrogen) atoms. The van der Waals surface area contributed by atoms with E-state index >= 15 is 0 Å². The first kappa shape index (κ1) is 17.8. The average molecular weight is 332 g/mol. The number of hydrogen-bond acceptors (Lipinski definition) is 2. The van der Waals surface area contributed by atoms with E-state index in [0.717, 1.165) is 24.8 Å². The third-order valence-corrected chi connectivity index (χ3v) is 3.73. The Morgan fingerprint density at radius 3 is 2.43 bits per heavy atom. The number of halogens is 2. The van der Waals surface area contributed by atoms with Crippen LogP contribution in [-0.2, 0) is 16.0 Å². The molecule has 1 aromatic carbocycles. The van der Waals surface area contributed by atoms with Crippen LogP contribution in [0.4, 0.5) is 0 Å². The van der Waals surface area contributed by atoms with E-state index in [4.69, 9.17) is 28.3 Å². The molecule has 0 fully saturated rings. The van der Waals surface area contributed by atoms with Gasteiger partial charge in [-0.15, -0.1) is 0 Å². The zero-order valence-electron chi connectivity index (χ0n) is 11.7. The average Bonchev–Trinajstić information content (AvgIpc) is 2.41. The van der Waals surface area contributed by atoms with E-state index in [1.54, 1.807) is 18.2 Å². The standard InChI is InChI=1S/C15H19Cl2NO3/c16-12-7-6-11(9-13(12)17)10-14(19)18-8-4-2-1-3-5-15(20)21/h6-7,9H,1-5,8,10H2,(H,18,19)(H,20,21). The smallest absolute Gasteiger partial charge is 0.303 e. The van der Waals surface area contributed by atoms with Gasteiger partial charge in [-0.05, 0) is 30.5 Å². The molecule has 1 rings (SSSR count). The van der Waals surface area contributed by atoms with E-state index in [-0.39, 0.29) is 18.7 Å². The summed E-state index contributed by atoms with van der Waals surface area (Å²) in [6, 6.07) is 5.14. The molecule has 0 aliphatic carbocycles. The van der Waals surface area contributed by atoms with Crippen LogP contribution < -0.4 is 5.32 Å². The van der Waals surface area contributed by atoms with Gasteiger partial charge in [0.1, 0.15) is 0 Å². The number of rotatable bonds is 9. The highest BCUT2D eigenvalue weighted by Gasteiger charge is 2.05. The van der Waals surface area contributed by atoms with Crippen LogP contribution in [0.25, 0.3) is 0 Å². The first-order valence-corrected chi connectivity index (χ1v) is 7.67. The number of carbonyl (C=O) groups is 2. The van der Waals surface area contributed by atoms with Crippen molar-refractivity contribution < 1.29 is 14.7 Å². The molecule has 0 aliphatic rings. The molecular formula is C15H19Cl2NO3. The van der Waals surface area contributed by atoms with Gasteiger partial charge in [0.15, 0.2) is 0 Å². The van der Waals surface area contributed by atoms with Crippen LogP contribution >= 0.6 is 23.2 Å². The van der Waals surface area contributed by atoms with Gasteiger partial charge in [-0.25, -0.2) is 0 Å². The maximum Gasteiger partial charge on any atom is 0.303 e. The van der Waals surface area contributed by atoms with Crippen molar-refractivity contribution in [3.63, 3.8) is 0 Å². The molecule has 6 heteroatoms. The van der Waals surface area contributed by atoms with Crippen LogP contribution in [0, 0.1) is 0 Å². The van der Waals surface area contributed by atoms with E-state index in [9.17, 15) is 9.59 Å². The maximum atomic E-state index is 11.7. The van der Waals surface area contributed by atoms with Crippen LogP contribution in [0.1, 0.15) is 37.7 Å². The Labute approximate surface area is 134 Å². The summed E-state index contributed by atoms with van der Waals surface area (Å²) in [4.78, 5) is 22.0. The summed E-state index contributed by atoms with van der Waals surface area (Å²) in [5.74, 6) is -0.816. The number of nitrogens with one attached hydrogen (secondary N) is 1. The number of carboxylic acid groups (broad SMARTS) is 1. The minimum absolute atomic E-state index is 0.0566. The lowest BCUT2D eigenvalue weighted by atomic mass is 10.1. The van der Waals surface area contributed by atoms with E-state index in [0.29, 0.717) is 23.0 Å². The summed E-state index contributed by atoms with van der Waals surface area (Å²) in [6.07, 6.45) is 3.81. The zero-order valence-corrected chi connectivity index (χ0v) is 13.2. The lowest BCUT2D eigenvalue weighted by Crippen LogP contribution is -2.26. The highest BCUT2D eigenvalue weighted by molar-refractivity contribution is 6.42.